The van der Waals surface area contributed by atoms with Crippen molar-refractivity contribution in [3.63, 3.8) is 0 Å². The van der Waals surface area contributed by atoms with Crippen molar-refractivity contribution in [2.75, 3.05) is 13.2 Å². The quantitative estimate of drug-likeness (QED) is 0.130. The Morgan fingerprint density at radius 3 is 1.80 bits per heavy atom. The van der Waals surface area contributed by atoms with E-state index in [0.29, 0.717) is 19.6 Å². The topological polar surface area (TPSA) is 67.4 Å². The van der Waals surface area contributed by atoms with Crippen LogP contribution in [0.15, 0.2) is 30.3 Å². The first-order valence-electron chi connectivity index (χ1n) is 14.4. The fraction of sp³-hybridized carbons (Fsp3) is 0.733. The maximum Gasteiger partial charge on any atom is 0.329 e. The van der Waals surface area contributed by atoms with E-state index in [-0.39, 0.29) is 12.0 Å². The molecule has 0 heterocycles. The third-order valence-electron chi connectivity index (χ3n) is 6.43. The summed E-state index contributed by atoms with van der Waals surface area (Å²) in [6.07, 6.45) is 19.9. The Morgan fingerprint density at radius 2 is 1.23 bits per heavy atom. The number of rotatable bonds is 22. The van der Waals surface area contributed by atoms with Crippen LogP contribution < -0.4 is 10.6 Å². The average molecular weight is 489 g/mol. The Balaban J connectivity index is 2.27. The minimum absolute atomic E-state index is 0.293. The van der Waals surface area contributed by atoms with E-state index in [9.17, 15) is 9.59 Å². The summed E-state index contributed by atoms with van der Waals surface area (Å²) in [6, 6.07) is 8.80. The largest absolute Gasteiger partial charge is 0.464 e. The Morgan fingerprint density at radius 1 is 0.714 bits per heavy atom. The maximum absolute atomic E-state index is 12.7. The first kappa shape index (κ1) is 31.0. The molecule has 1 aromatic carbocycles. The van der Waals surface area contributed by atoms with Crippen LogP contribution in [0.5, 0.6) is 0 Å². The zero-order valence-electron chi connectivity index (χ0n) is 22.6. The van der Waals surface area contributed by atoms with Gasteiger partial charge in [0.25, 0.3) is 0 Å². The number of esters is 1. The van der Waals surface area contributed by atoms with Gasteiger partial charge in [0, 0.05) is 13.0 Å². The molecule has 1 rings (SSSR count). The molecular formula is C30H52N2O3. The Labute approximate surface area is 215 Å². The fourth-order valence-electron chi connectivity index (χ4n) is 4.22. The smallest absolute Gasteiger partial charge is 0.329 e. The number of unbranched alkanes of at least 4 members (excludes halogenated alkanes) is 14. The molecule has 2 amide bonds. The molecular weight excluding hydrogens is 436 g/mol. The van der Waals surface area contributed by atoms with E-state index in [1.165, 1.54) is 77.0 Å². The Bertz CT molecular complexity index is 636. The van der Waals surface area contributed by atoms with Crippen LogP contribution in [0.4, 0.5) is 4.79 Å². The number of nitrogens with one attached hydrogen (secondary N) is 2. The Hall–Kier alpha value is -2.04. The Kier molecular flexibility index (Phi) is 19.9. The van der Waals surface area contributed by atoms with Gasteiger partial charge >= 0.3 is 12.0 Å². The molecule has 1 aromatic rings. The molecule has 5 heteroatoms. The van der Waals surface area contributed by atoms with Crippen molar-refractivity contribution >= 4 is 12.0 Å². The van der Waals surface area contributed by atoms with Crippen molar-refractivity contribution in [1.82, 2.24) is 10.6 Å². The van der Waals surface area contributed by atoms with Crippen LogP contribution in [0, 0.1) is 0 Å². The summed E-state index contributed by atoms with van der Waals surface area (Å²) in [6.45, 7) is 5.50. The highest BCUT2D eigenvalue weighted by atomic mass is 16.5. The number of carbonyl (C=O) groups is 2. The number of ether oxygens (including phenoxy) is 1. The third-order valence-corrected chi connectivity index (χ3v) is 6.43. The highest BCUT2D eigenvalue weighted by molar-refractivity contribution is 5.83. The molecule has 0 aliphatic rings. The van der Waals surface area contributed by atoms with Crippen molar-refractivity contribution < 1.29 is 14.3 Å². The zero-order chi connectivity index (χ0) is 25.4. The summed E-state index contributed by atoms with van der Waals surface area (Å²) in [5, 5.41) is 5.76. The third kappa shape index (κ3) is 18.0. The van der Waals surface area contributed by atoms with Crippen LogP contribution in [0.2, 0.25) is 0 Å². The molecule has 5 nitrogen and oxygen atoms in total. The lowest BCUT2D eigenvalue weighted by Gasteiger charge is -2.18. The first-order chi connectivity index (χ1) is 17.2. The molecule has 200 valence electrons. The molecule has 35 heavy (non-hydrogen) atoms. The summed E-state index contributed by atoms with van der Waals surface area (Å²) in [5.74, 6) is -0.350. The summed E-state index contributed by atoms with van der Waals surface area (Å²) >= 11 is 0. The monoisotopic (exact) mass is 488 g/mol. The average Bonchev–Trinajstić information content (AvgIpc) is 2.87. The van der Waals surface area contributed by atoms with Gasteiger partial charge in [0.2, 0.25) is 0 Å². The lowest BCUT2D eigenvalue weighted by atomic mass is 10.1. The van der Waals surface area contributed by atoms with E-state index in [1.54, 1.807) is 0 Å². The standard InChI is InChI=1S/C30H52N2O3/c1-3-5-7-9-11-12-13-14-15-20-24-31-30(34)32-28(26-27-22-18-17-19-23-27)29(33)35-25-21-16-10-8-6-4-2/h17-19,22-23,28H,3-16,20-21,24-26H2,1-2H3,(H2,31,32,34). The van der Waals surface area contributed by atoms with Crippen LogP contribution in [0.3, 0.4) is 0 Å². The minimum atomic E-state index is -0.676. The molecule has 0 bridgehead atoms. The molecule has 0 aliphatic carbocycles. The SMILES string of the molecule is CCCCCCCCCCCCNC(=O)NC(Cc1ccccc1)C(=O)OCCCCCCCC. The number of benzene rings is 1. The molecule has 0 aromatic heterocycles. The van der Waals surface area contributed by atoms with Gasteiger partial charge in [-0.2, -0.15) is 0 Å². The van der Waals surface area contributed by atoms with Gasteiger partial charge in [0.15, 0.2) is 0 Å². The lowest BCUT2D eigenvalue weighted by molar-refractivity contribution is -0.146. The molecule has 0 aliphatic heterocycles. The maximum atomic E-state index is 12.7. The van der Waals surface area contributed by atoms with Gasteiger partial charge in [-0.1, -0.05) is 134 Å². The van der Waals surface area contributed by atoms with Gasteiger partial charge in [-0.3, -0.25) is 0 Å². The second-order valence-electron chi connectivity index (χ2n) is 9.76. The van der Waals surface area contributed by atoms with E-state index < -0.39 is 6.04 Å². The summed E-state index contributed by atoms with van der Waals surface area (Å²) in [7, 11) is 0. The van der Waals surface area contributed by atoms with Crippen molar-refractivity contribution in [1.29, 1.82) is 0 Å². The van der Waals surface area contributed by atoms with Gasteiger partial charge in [-0.05, 0) is 18.4 Å². The van der Waals surface area contributed by atoms with Crippen molar-refractivity contribution in [2.45, 2.75) is 129 Å². The summed E-state index contributed by atoms with van der Waals surface area (Å²) < 4.78 is 5.51. The second kappa shape index (κ2) is 22.4. The predicted octanol–water partition coefficient (Wildman–Crippen LogP) is 7.72. The highest BCUT2D eigenvalue weighted by Crippen LogP contribution is 2.10. The van der Waals surface area contributed by atoms with E-state index in [4.69, 9.17) is 4.74 Å². The van der Waals surface area contributed by atoms with Crippen LogP contribution in [-0.4, -0.2) is 31.2 Å². The number of hydrogen-bond donors (Lipinski definition) is 2. The van der Waals surface area contributed by atoms with Gasteiger partial charge < -0.3 is 15.4 Å². The van der Waals surface area contributed by atoms with Crippen LogP contribution in [0.25, 0.3) is 0 Å². The lowest BCUT2D eigenvalue weighted by Crippen LogP contribution is -2.48. The van der Waals surface area contributed by atoms with Gasteiger partial charge in [0.05, 0.1) is 6.61 Å². The number of hydrogen-bond acceptors (Lipinski definition) is 3. The molecule has 0 fully saturated rings. The van der Waals surface area contributed by atoms with Gasteiger partial charge in [-0.15, -0.1) is 0 Å². The van der Waals surface area contributed by atoms with Crippen LogP contribution >= 0.6 is 0 Å². The highest BCUT2D eigenvalue weighted by Gasteiger charge is 2.22. The predicted molar refractivity (Wildman–Crippen MR) is 147 cm³/mol. The molecule has 0 saturated carbocycles. The van der Waals surface area contributed by atoms with E-state index in [2.05, 4.69) is 24.5 Å². The molecule has 0 spiro atoms. The normalized spacial score (nSPS) is 11.7. The van der Waals surface area contributed by atoms with E-state index in [0.717, 1.165) is 31.2 Å². The fourth-order valence-corrected chi connectivity index (χ4v) is 4.22. The summed E-state index contributed by atoms with van der Waals surface area (Å²) in [5.41, 5.74) is 1.00. The molecule has 1 atom stereocenters. The molecule has 2 N–H and O–H groups in total. The van der Waals surface area contributed by atoms with Crippen LogP contribution in [-0.2, 0) is 16.0 Å². The summed E-state index contributed by atoms with van der Waals surface area (Å²) in [4.78, 5) is 25.2. The minimum Gasteiger partial charge on any atom is -0.464 e. The van der Waals surface area contributed by atoms with E-state index >= 15 is 0 Å². The molecule has 0 radical (unpaired) electrons. The van der Waals surface area contributed by atoms with Crippen molar-refractivity contribution in [3.05, 3.63) is 35.9 Å². The number of amides is 2. The number of carbonyl (C=O) groups excluding carboxylic acids is 2. The van der Waals surface area contributed by atoms with Crippen molar-refractivity contribution in [3.8, 4) is 0 Å². The zero-order valence-corrected chi connectivity index (χ0v) is 22.6. The van der Waals surface area contributed by atoms with Crippen LogP contribution in [0.1, 0.15) is 122 Å². The van der Waals surface area contributed by atoms with Crippen molar-refractivity contribution in [2.24, 2.45) is 0 Å². The first-order valence-corrected chi connectivity index (χ1v) is 14.4. The van der Waals surface area contributed by atoms with Gasteiger partial charge in [0.1, 0.15) is 6.04 Å². The molecule has 1 unspecified atom stereocenters. The van der Waals surface area contributed by atoms with Gasteiger partial charge in [-0.25, -0.2) is 9.59 Å². The second-order valence-corrected chi connectivity index (χ2v) is 9.76. The number of urea groups is 1. The molecule has 0 saturated heterocycles. The van der Waals surface area contributed by atoms with E-state index in [1.807, 2.05) is 30.3 Å².